The van der Waals surface area contributed by atoms with E-state index in [1.807, 2.05) is 0 Å². The molecule has 0 aliphatic carbocycles. The standard InChI is InChI=1S/C16H23N3O4/c1-12-4-3-8-18(11-12)9-7-16(20)17-14-10-13(19(21)22)5-6-15(14)23-2/h5-6,10,12H,3-4,7-9,11H2,1-2H3,(H,17,20)/p+1. The summed E-state index contributed by atoms with van der Waals surface area (Å²) in [7, 11) is 1.47. The SMILES string of the molecule is COc1ccc([N+](=O)[O-])cc1NC(=O)CC[NH+]1CCCC(C)C1. The zero-order valence-corrected chi connectivity index (χ0v) is 13.6. The Labute approximate surface area is 135 Å². The summed E-state index contributed by atoms with van der Waals surface area (Å²) >= 11 is 0. The van der Waals surface area contributed by atoms with Gasteiger partial charge in [-0.15, -0.1) is 0 Å². The summed E-state index contributed by atoms with van der Waals surface area (Å²) < 4.78 is 5.15. The molecule has 1 amide bonds. The first-order chi connectivity index (χ1) is 11.0. The summed E-state index contributed by atoms with van der Waals surface area (Å²) in [6.07, 6.45) is 2.87. The van der Waals surface area contributed by atoms with E-state index in [4.69, 9.17) is 4.74 Å². The summed E-state index contributed by atoms with van der Waals surface area (Å²) in [5, 5.41) is 13.6. The number of nitro groups is 1. The number of rotatable bonds is 6. The first kappa shape index (κ1) is 17.2. The molecule has 2 N–H and O–H groups in total. The second-order valence-corrected chi connectivity index (χ2v) is 6.14. The number of quaternary nitrogens is 1. The van der Waals surface area contributed by atoms with Crippen molar-refractivity contribution in [1.29, 1.82) is 0 Å². The van der Waals surface area contributed by atoms with Crippen molar-refractivity contribution in [2.45, 2.75) is 26.2 Å². The van der Waals surface area contributed by atoms with Gasteiger partial charge in [-0.2, -0.15) is 0 Å². The average molecular weight is 322 g/mol. The number of carbonyl (C=O) groups excluding carboxylic acids is 1. The largest absolute Gasteiger partial charge is 0.495 e. The van der Waals surface area contributed by atoms with Crippen LogP contribution in [0, 0.1) is 16.0 Å². The number of likely N-dealkylation sites (tertiary alicyclic amines) is 1. The quantitative estimate of drug-likeness (QED) is 0.609. The minimum Gasteiger partial charge on any atom is -0.495 e. The zero-order valence-electron chi connectivity index (χ0n) is 13.6. The molecule has 1 heterocycles. The second-order valence-electron chi connectivity index (χ2n) is 6.14. The molecular formula is C16H24N3O4+. The number of amides is 1. The molecule has 1 fully saturated rings. The van der Waals surface area contributed by atoms with Crippen LogP contribution in [0.3, 0.4) is 0 Å². The van der Waals surface area contributed by atoms with Crippen molar-refractivity contribution in [3.63, 3.8) is 0 Å². The van der Waals surface area contributed by atoms with Crippen LogP contribution in [0.1, 0.15) is 26.2 Å². The van der Waals surface area contributed by atoms with E-state index in [1.54, 1.807) is 0 Å². The average Bonchev–Trinajstić information content (AvgIpc) is 2.53. The fourth-order valence-corrected chi connectivity index (χ4v) is 3.03. The molecule has 7 heteroatoms. The number of methoxy groups -OCH3 is 1. The molecule has 0 bridgehead atoms. The van der Waals surface area contributed by atoms with Crippen LogP contribution in [0.2, 0.25) is 0 Å². The van der Waals surface area contributed by atoms with E-state index in [-0.39, 0.29) is 11.6 Å². The number of benzene rings is 1. The van der Waals surface area contributed by atoms with Gasteiger partial charge >= 0.3 is 0 Å². The monoisotopic (exact) mass is 322 g/mol. The molecule has 0 aromatic heterocycles. The minimum absolute atomic E-state index is 0.0726. The molecule has 7 nitrogen and oxygen atoms in total. The molecule has 2 rings (SSSR count). The third-order valence-corrected chi connectivity index (χ3v) is 4.24. The number of nitrogens with one attached hydrogen (secondary N) is 2. The maximum absolute atomic E-state index is 12.1. The fourth-order valence-electron chi connectivity index (χ4n) is 3.03. The van der Waals surface area contributed by atoms with E-state index in [1.165, 1.54) is 43.1 Å². The van der Waals surface area contributed by atoms with Crippen LogP contribution in [0.5, 0.6) is 5.75 Å². The lowest BCUT2D eigenvalue weighted by Crippen LogP contribution is -3.13. The van der Waals surface area contributed by atoms with Gasteiger partial charge in [0.15, 0.2) is 0 Å². The first-order valence-electron chi connectivity index (χ1n) is 7.95. The van der Waals surface area contributed by atoms with Crippen LogP contribution in [-0.4, -0.2) is 37.6 Å². The lowest BCUT2D eigenvalue weighted by molar-refractivity contribution is -0.907. The van der Waals surface area contributed by atoms with Crippen molar-refractivity contribution in [2.75, 3.05) is 32.1 Å². The summed E-state index contributed by atoms with van der Waals surface area (Å²) in [4.78, 5) is 23.9. The van der Waals surface area contributed by atoms with Crippen molar-refractivity contribution >= 4 is 17.3 Å². The Morgan fingerprint density at radius 3 is 2.96 bits per heavy atom. The third kappa shape index (κ3) is 4.92. The number of carbonyl (C=O) groups is 1. The summed E-state index contributed by atoms with van der Waals surface area (Å²) in [5.41, 5.74) is 0.269. The molecule has 0 spiro atoms. The normalized spacial score (nSPS) is 20.8. The van der Waals surface area contributed by atoms with Crippen LogP contribution in [-0.2, 0) is 4.79 Å². The van der Waals surface area contributed by atoms with Crippen LogP contribution in [0.25, 0.3) is 0 Å². The van der Waals surface area contributed by atoms with Gasteiger partial charge in [0.05, 0.1) is 43.8 Å². The number of nitrogens with zero attached hydrogens (tertiary/aromatic N) is 1. The van der Waals surface area contributed by atoms with Crippen LogP contribution >= 0.6 is 0 Å². The van der Waals surface area contributed by atoms with Crippen LogP contribution in [0.15, 0.2) is 18.2 Å². The molecule has 1 aliphatic heterocycles. The van der Waals surface area contributed by atoms with Gasteiger partial charge in [-0.05, 0) is 18.9 Å². The highest BCUT2D eigenvalue weighted by atomic mass is 16.6. The highest BCUT2D eigenvalue weighted by molar-refractivity contribution is 5.92. The van der Waals surface area contributed by atoms with Gasteiger partial charge in [0.25, 0.3) is 5.69 Å². The Balaban J connectivity index is 1.93. The molecular weight excluding hydrogens is 298 g/mol. The van der Waals surface area contributed by atoms with Crippen molar-refractivity contribution in [3.05, 3.63) is 28.3 Å². The molecule has 126 valence electrons. The lowest BCUT2D eigenvalue weighted by atomic mass is 10.0. The zero-order chi connectivity index (χ0) is 16.8. The van der Waals surface area contributed by atoms with E-state index >= 15 is 0 Å². The van der Waals surface area contributed by atoms with Gasteiger partial charge in [-0.3, -0.25) is 14.9 Å². The van der Waals surface area contributed by atoms with Gasteiger partial charge in [-0.1, -0.05) is 6.92 Å². The molecule has 1 aromatic carbocycles. The Morgan fingerprint density at radius 1 is 1.52 bits per heavy atom. The molecule has 2 atom stereocenters. The molecule has 1 aliphatic rings. The lowest BCUT2D eigenvalue weighted by Gasteiger charge is -2.27. The first-order valence-corrected chi connectivity index (χ1v) is 7.95. The number of nitro benzene ring substituents is 1. The molecule has 1 saturated heterocycles. The molecule has 2 unspecified atom stereocenters. The third-order valence-electron chi connectivity index (χ3n) is 4.24. The van der Waals surface area contributed by atoms with Gasteiger partial charge in [0, 0.05) is 18.1 Å². The number of hydrogen-bond donors (Lipinski definition) is 2. The maximum atomic E-state index is 12.1. The van der Waals surface area contributed by atoms with Crippen molar-refractivity contribution in [2.24, 2.45) is 5.92 Å². The molecule has 1 aromatic rings. The fraction of sp³-hybridized carbons (Fsp3) is 0.562. The number of piperidine rings is 1. The van der Waals surface area contributed by atoms with Gasteiger partial charge in [0.1, 0.15) is 5.75 Å². The Kier molecular flexibility index (Phi) is 5.92. The highest BCUT2D eigenvalue weighted by Gasteiger charge is 2.20. The van der Waals surface area contributed by atoms with Gasteiger partial charge in [0.2, 0.25) is 5.91 Å². The Hall–Kier alpha value is -2.15. The number of ether oxygens (including phenoxy) is 1. The van der Waals surface area contributed by atoms with Crippen LogP contribution in [0.4, 0.5) is 11.4 Å². The van der Waals surface area contributed by atoms with E-state index in [2.05, 4.69) is 12.2 Å². The summed E-state index contributed by atoms with van der Waals surface area (Å²) in [5.74, 6) is 0.982. The number of non-ortho nitro benzene ring substituents is 1. The van der Waals surface area contributed by atoms with E-state index in [0.717, 1.165) is 19.6 Å². The van der Waals surface area contributed by atoms with E-state index in [9.17, 15) is 14.9 Å². The summed E-state index contributed by atoms with van der Waals surface area (Å²) in [6.45, 7) is 5.24. The topological polar surface area (TPSA) is 85.9 Å². The smallest absolute Gasteiger partial charge is 0.271 e. The van der Waals surface area contributed by atoms with Crippen LogP contribution < -0.4 is 15.0 Å². The van der Waals surface area contributed by atoms with Crippen molar-refractivity contribution < 1.29 is 19.4 Å². The van der Waals surface area contributed by atoms with Crippen molar-refractivity contribution in [1.82, 2.24) is 0 Å². The van der Waals surface area contributed by atoms with E-state index in [0.29, 0.717) is 23.8 Å². The van der Waals surface area contributed by atoms with Crippen molar-refractivity contribution in [3.8, 4) is 5.75 Å². The second kappa shape index (κ2) is 7.92. The molecule has 0 radical (unpaired) electrons. The minimum atomic E-state index is -0.492. The van der Waals surface area contributed by atoms with Gasteiger partial charge in [-0.25, -0.2) is 0 Å². The maximum Gasteiger partial charge on any atom is 0.271 e. The Bertz CT molecular complexity index is 576. The Morgan fingerprint density at radius 2 is 2.30 bits per heavy atom. The number of hydrogen-bond acceptors (Lipinski definition) is 4. The highest BCUT2D eigenvalue weighted by Crippen LogP contribution is 2.28. The number of anilines is 1. The summed E-state index contributed by atoms with van der Waals surface area (Å²) in [6, 6.07) is 4.17. The predicted octanol–water partition coefficient (Wildman–Crippen LogP) is 1.25. The predicted molar refractivity (Wildman–Crippen MR) is 86.9 cm³/mol. The molecule has 0 saturated carbocycles. The van der Waals surface area contributed by atoms with E-state index < -0.39 is 4.92 Å². The van der Waals surface area contributed by atoms with Gasteiger partial charge < -0.3 is 15.0 Å². The molecule has 23 heavy (non-hydrogen) atoms.